The number of nitrogens with zero attached hydrogens (tertiary/aromatic N) is 2. The van der Waals surface area contributed by atoms with Crippen molar-refractivity contribution < 1.29 is 13.9 Å². The monoisotopic (exact) mass is 342 g/mol. The van der Waals surface area contributed by atoms with Crippen LogP contribution >= 0.6 is 0 Å². The summed E-state index contributed by atoms with van der Waals surface area (Å²) >= 11 is 0. The van der Waals surface area contributed by atoms with Gasteiger partial charge in [-0.2, -0.15) is 0 Å². The molecule has 1 atom stereocenters. The van der Waals surface area contributed by atoms with E-state index in [1.165, 1.54) is 12.1 Å². The van der Waals surface area contributed by atoms with Gasteiger partial charge in [-0.1, -0.05) is 12.1 Å². The molecule has 0 N–H and O–H groups in total. The van der Waals surface area contributed by atoms with E-state index in [4.69, 9.17) is 4.74 Å². The Labute approximate surface area is 147 Å². The van der Waals surface area contributed by atoms with Crippen molar-refractivity contribution in [2.24, 2.45) is 5.92 Å². The highest BCUT2D eigenvalue weighted by molar-refractivity contribution is 5.72. The van der Waals surface area contributed by atoms with Crippen LogP contribution in [0, 0.1) is 11.7 Å². The summed E-state index contributed by atoms with van der Waals surface area (Å²) in [6.45, 7) is 4.66. The third kappa shape index (κ3) is 4.63. The number of halogens is 1. The molecule has 0 bridgehead atoms. The number of rotatable bonds is 5. The minimum Gasteiger partial charge on any atom is -0.466 e. The summed E-state index contributed by atoms with van der Waals surface area (Å²) in [7, 11) is 0. The molecule has 1 aromatic heterocycles. The number of pyridine rings is 1. The molecule has 1 fully saturated rings. The number of benzene rings is 1. The van der Waals surface area contributed by atoms with Gasteiger partial charge in [-0.3, -0.25) is 14.7 Å². The number of piperidine rings is 1. The Morgan fingerprint density at radius 2 is 2.20 bits per heavy atom. The average Bonchev–Trinajstić information content (AvgIpc) is 2.62. The van der Waals surface area contributed by atoms with E-state index in [1.807, 2.05) is 25.3 Å². The van der Waals surface area contributed by atoms with Crippen LogP contribution in [0.2, 0.25) is 0 Å². The Kier molecular flexibility index (Phi) is 5.76. The topological polar surface area (TPSA) is 42.4 Å². The van der Waals surface area contributed by atoms with Crippen LogP contribution in [0.25, 0.3) is 11.1 Å². The van der Waals surface area contributed by atoms with Crippen molar-refractivity contribution in [3.05, 3.63) is 54.1 Å². The molecule has 132 valence electrons. The van der Waals surface area contributed by atoms with Crippen molar-refractivity contribution in [2.45, 2.75) is 26.3 Å². The second-order valence-electron chi connectivity index (χ2n) is 6.42. The van der Waals surface area contributed by atoms with Gasteiger partial charge in [0.15, 0.2) is 0 Å². The third-order valence-electron chi connectivity index (χ3n) is 4.48. The Morgan fingerprint density at radius 1 is 1.32 bits per heavy atom. The fourth-order valence-electron chi connectivity index (χ4n) is 3.31. The fraction of sp³-hybridized carbons (Fsp3) is 0.400. The fourth-order valence-corrected chi connectivity index (χ4v) is 3.31. The molecule has 2 heterocycles. The van der Waals surface area contributed by atoms with Gasteiger partial charge in [0.05, 0.1) is 12.5 Å². The normalized spacial score (nSPS) is 18.1. The summed E-state index contributed by atoms with van der Waals surface area (Å²) in [6, 6.07) is 8.56. The number of esters is 1. The van der Waals surface area contributed by atoms with Gasteiger partial charge >= 0.3 is 5.97 Å². The van der Waals surface area contributed by atoms with Crippen molar-refractivity contribution in [2.75, 3.05) is 19.7 Å². The van der Waals surface area contributed by atoms with Crippen molar-refractivity contribution in [1.82, 2.24) is 9.88 Å². The first kappa shape index (κ1) is 17.5. The summed E-state index contributed by atoms with van der Waals surface area (Å²) in [4.78, 5) is 18.5. The second kappa shape index (κ2) is 8.21. The average molecular weight is 342 g/mol. The largest absolute Gasteiger partial charge is 0.466 e. The molecule has 5 heteroatoms. The van der Waals surface area contributed by atoms with Crippen molar-refractivity contribution >= 4 is 5.97 Å². The molecule has 1 unspecified atom stereocenters. The van der Waals surface area contributed by atoms with Gasteiger partial charge in [-0.05, 0) is 55.6 Å². The Morgan fingerprint density at radius 3 is 3.00 bits per heavy atom. The zero-order valence-corrected chi connectivity index (χ0v) is 14.5. The van der Waals surface area contributed by atoms with Gasteiger partial charge in [0.2, 0.25) is 0 Å². The molecule has 3 rings (SSSR count). The van der Waals surface area contributed by atoms with Crippen LogP contribution in [0.1, 0.15) is 25.3 Å². The number of carbonyl (C=O) groups excluding carboxylic acids is 1. The minimum atomic E-state index is -0.254. The molecule has 0 amide bonds. The van der Waals surface area contributed by atoms with E-state index in [0.29, 0.717) is 13.2 Å². The maximum atomic E-state index is 13.4. The smallest absolute Gasteiger partial charge is 0.310 e. The predicted molar refractivity (Wildman–Crippen MR) is 94.3 cm³/mol. The summed E-state index contributed by atoms with van der Waals surface area (Å²) in [6.07, 6.45) is 5.45. The zero-order chi connectivity index (χ0) is 17.6. The van der Waals surface area contributed by atoms with Gasteiger partial charge in [0.25, 0.3) is 0 Å². The van der Waals surface area contributed by atoms with Crippen molar-refractivity contribution in [1.29, 1.82) is 0 Å². The number of hydrogen-bond acceptors (Lipinski definition) is 4. The lowest BCUT2D eigenvalue weighted by Crippen LogP contribution is -2.38. The van der Waals surface area contributed by atoms with Gasteiger partial charge in [0.1, 0.15) is 5.82 Å². The van der Waals surface area contributed by atoms with Crippen LogP contribution in [0.15, 0.2) is 42.7 Å². The molecular formula is C20H23FN2O2. The molecule has 25 heavy (non-hydrogen) atoms. The highest BCUT2D eigenvalue weighted by Gasteiger charge is 2.26. The third-order valence-corrected chi connectivity index (χ3v) is 4.48. The van der Waals surface area contributed by atoms with Crippen LogP contribution in [0.5, 0.6) is 0 Å². The van der Waals surface area contributed by atoms with Gasteiger partial charge in [0, 0.05) is 31.0 Å². The van der Waals surface area contributed by atoms with E-state index < -0.39 is 0 Å². The van der Waals surface area contributed by atoms with Crippen molar-refractivity contribution in [3.63, 3.8) is 0 Å². The molecule has 1 aromatic carbocycles. The highest BCUT2D eigenvalue weighted by Crippen LogP contribution is 2.23. The number of likely N-dealkylation sites (tertiary alicyclic amines) is 1. The zero-order valence-electron chi connectivity index (χ0n) is 14.5. The van der Waals surface area contributed by atoms with Crippen LogP contribution in [0.4, 0.5) is 4.39 Å². The SMILES string of the molecule is CCOC(=O)C1CCCN(Cc2cncc(-c3cccc(F)c3)c2)C1. The molecule has 0 aliphatic carbocycles. The molecule has 0 radical (unpaired) electrons. The van der Waals surface area contributed by atoms with Crippen LogP contribution in [0.3, 0.4) is 0 Å². The van der Waals surface area contributed by atoms with Crippen LogP contribution in [-0.4, -0.2) is 35.5 Å². The predicted octanol–water partition coefficient (Wildman–Crippen LogP) is 3.66. The van der Waals surface area contributed by atoms with E-state index >= 15 is 0 Å². The summed E-state index contributed by atoms with van der Waals surface area (Å²) in [5, 5.41) is 0. The lowest BCUT2D eigenvalue weighted by Gasteiger charge is -2.31. The van der Waals surface area contributed by atoms with E-state index in [2.05, 4.69) is 9.88 Å². The number of aromatic nitrogens is 1. The van der Waals surface area contributed by atoms with Gasteiger partial charge in [-0.25, -0.2) is 4.39 Å². The van der Waals surface area contributed by atoms with E-state index in [0.717, 1.165) is 42.6 Å². The summed E-state index contributed by atoms with van der Waals surface area (Å²) < 4.78 is 18.6. The Bertz CT molecular complexity index is 735. The van der Waals surface area contributed by atoms with Crippen molar-refractivity contribution in [3.8, 4) is 11.1 Å². The molecular weight excluding hydrogens is 319 g/mol. The quantitative estimate of drug-likeness (QED) is 0.778. The maximum absolute atomic E-state index is 13.4. The second-order valence-corrected chi connectivity index (χ2v) is 6.42. The standard InChI is InChI=1S/C20H23FN2O2/c1-2-25-20(24)17-6-4-8-23(14-17)13-15-9-18(12-22-11-15)16-5-3-7-19(21)10-16/h3,5,7,9-12,17H,2,4,6,8,13-14H2,1H3. The highest BCUT2D eigenvalue weighted by atomic mass is 19.1. The number of carbonyl (C=O) groups is 1. The molecule has 0 spiro atoms. The van der Waals surface area contributed by atoms with E-state index in [1.54, 1.807) is 12.3 Å². The first-order valence-corrected chi connectivity index (χ1v) is 8.74. The molecule has 1 saturated heterocycles. The Hall–Kier alpha value is -2.27. The molecule has 1 aliphatic heterocycles. The lowest BCUT2D eigenvalue weighted by atomic mass is 9.97. The van der Waals surface area contributed by atoms with E-state index in [9.17, 15) is 9.18 Å². The maximum Gasteiger partial charge on any atom is 0.310 e. The first-order chi connectivity index (χ1) is 12.2. The molecule has 1 aliphatic rings. The summed E-state index contributed by atoms with van der Waals surface area (Å²) in [5.41, 5.74) is 2.78. The Balaban J connectivity index is 1.69. The summed E-state index contributed by atoms with van der Waals surface area (Å²) in [5.74, 6) is -0.400. The molecule has 4 nitrogen and oxygen atoms in total. The number of ether oxygens (including phenoxy) is 1. The van der Waals surface area contributed by atoms with Gasteiger partial charge < -0.3 is 4.74 Å². The number of hydrogen-bond donors (Lipinski definition) is 0. The van der Waals surface area contributed by atoms with Gasteiger partial charge in [-0.15, -0.1) is 0 Å². The minimum absolute atomic E-state index is 0.0481. The lowest BCUT2D eigenvalue weighted by molar-refractivity contribution is -0.150. The van der Waals surface area contributed by atoms with Crippen LogP contribution in [-0.2, 0) is 16.1 Å². The van der Waals surface area contributed by atoms with Crippen LogP contribution < -0.4 is 0 Å². The van der Waals surface area contributed by atoms with E-state index in [-0.39, 0.29) is 17.7 Å². The first-order valence-electron chi connectivity index (χ1n) is 8.74. The molecule has 0 saturated carbocycles. The molecule has 2 aromatic rings.